The van der Waals surface area contributed by atoms with Crippen molar-refractivity contribution >= 4 is 21.4 Å². The van der Waals surface area contributed by atoms with Crippen molar-refractivity contribution in [2.45, 2.75) is 47.6 Å². The van der Waals surface area contributed by atoms with Gasteiger partial charge >= 0.3 is 0 Å². The number of benzene rings is 2. The maximum Gasteiger partial charge on any atom is 0.208 e. The van der Waals surface area contributed by atoms with Gasteiger partial charge in [0.1, 0.15) is 0 Å². The molecule has 1 spiro atoms. The molecule has 1 aliphatic heterocycles. The highest BCUT2D eigenvalue weighted by Gasteiger charge is 2.33. The Labute approximate surface area is 145 Å². The summed E-state index contributed by atoms with van der Waals surface area (Å²) in [5.41, 5.74) is -0.404. The van der Waals surface area contributed by atoms with Crippen LogP contribution in [0.5, 0.6) is 0 Å². The fraction of sp³-hybridized carbons (Fsp3) is 0.333. The number of halogens is 1. The average molecular weight is 361 g/mol. The van der Waals surface area contributed by atoms with Gasteiger partial charge in [0.2, 0.25) is 9.84 Å². The van der Waals surface area contributed by atoms with E-state index in [-0.39, 0.29) is 14.8 Å². The molecular formula is C18H17ClN2O2S. The van der Waals surface area contributed by atoms with Gasteiger partial charge in [0.25, 0.3) is 0 Å². The zero-order valence-corrected chi connectivity index (χ0v) is 14.6. The minimum Gasteiger partial charge on any atom is -0.253 e. The van der Waals surface area contributed by atoms with Crippen molar-refractivity contribution in [1.82, 2.24) is 0 Å². The molecule has 0 bridgehead atoms. The largest absolute Gasteiger partial charge is 0.253 e. The normalized spacial score (nSPS) is 18.7. The summed E-state index contributed by atoms with van der Waals surface area (Å²) < 4.78 is 25.7. The summed E-state index contributed by atoms with van der Waals surface area (Å²) in [5.74, 6) is 0. The van der Waals surface area contributed by atoms with Crippen molar-refractivity contribution in [3.63, 3.8) is 0 Å². The van der Waals surface area contributed by atoms with Gasteiger partial charge in [-0.3, -0.25) is 9.98 Å². The second kappa shape index (κ2) is 5.67. The minimum atomic E-state index is -3.67. The molecule has 2 aromatic carbocycles. The highest BCUT2D eigenvalue weighted by atomic mass is 35.5. The molecule has 0 N–H and O–H groups in total. The molecule has 0 amide bonds. The Morgan fingerprint density at radius 1 is 0.917 bits per heavy atom. The van der Waals surface area contributed by atoms with E-state index in [4.69, 9.17) is 21.6 Å². The fourth-order valence-electron chi connectivity index (χ4n) is 3.46. The van der Waals surface area contributed by atoms with Crippen LogP contribution in [0.2, 0.25) is 5.02 Å². The van der Waals surface area contributed by atoms with Crippen LogP contribution in [-0.4, -0.2) is 14.1 Å². The third kappa shape index (κ3) is 2.56. The van der Waals surface area contributed by atoms with E-state index in [0.717, 1.165) is 25.7 Å². The lowest BCUT2D eigenvalue weighted by Gasteiger charge is -2.27. The van der Waals surface area contributed by atoms with Crippen LogP contribution in [0.15, 0.2) is 62.2 Å². The van der Waals surface area contributed by atoms with Crippen LogP contribution >= 0.6 is 11.6 Å². The van der Waals surface area contributed by atoms with Gasteiger partial charge in [0.05, 0.1) is 25.5 Å². The standard InChI is InChI=1S/C18H17ClN2O2S/c19-14-11-15-16(21-18(20-15)9-5-2-6-10-18)12-17(14)24(22,23)13-7-3-1-4-8-13/h1,3-4,7-8,11-12H,2,5-6,9-10H2. The monoisotopic (exact) mass is 360 g/mol. The van der Waals surface area contributed by atoms with Gasteiger partial charge in [-0.05, 0) is 49.9 Å². The predicted molar refractivity (Wildman–Crippen MR) is 91.5 cm³/mol. The lowest BCUT2D eigenvalue weighted by molar-refractivity contribution is 0.309. The van der Waals surface area contributed by atoms with E-state index in [1.54, 1.807) is 42.5 Å². The molecule has 0 radical (unpaired) electrons. The van der Waals surface area contributed by atoms with Gasteiger partial charge in [0.15, 0.2) is 5.66 Å². The summed E-state index contributed by atoms with van der Waals surface area (Å²) in [7, 11) is -3.67. The van der Waals surface area contributed by atoms with Crippen LogP contribution in [0.25, 0.3) is 0 Å². The molecule has 4 nitrogen and oxygen atoms in total. The zero-order chi connectivity index (χ0) is 16.8. The van der Waals surface area contributed by atoms with E-state index in [2.05, 4.69) is 0 Å². The maximum absolute atomic E-state index is 12.9. The first-order valence-electron chi connectivity index (χ1n) is 8.10. The number of rotatable bonds is 2. The summed E-state index contributed by atoms with van der Waals surface area (Å²) in [5, 5.41) is 1.54. The van der Waals surface area contributed by atoms with Crippen LogP contribution in [0.3, 0.4) is 0 Å². The second-order valence-electron chi connectivity index (χ2n) is 6.35. The SMILES string of the molecule is O=S(=O)(c1ccccc1)c1cc2c(cc1Cl)=NC1(CCCCC1)N=2. The Morgan fingerprint density at radius 3 is 2.21 bits per heavy atom. The van der Waals surface area contributed by atoms with Crippen LogP contribution in [0, 0.1) is 0 Å². The van der Waals surface area contributed by atoms with E-state index in [9.17, 15) is 8.42 Å². The first-order chi connectivity index (χ1) is 11.5. The van der Waals surface area contributed by atoms with Gasteiger partial charge in [0, 0.05) is 0 Å². The quantitative estimate of drug-likeness (QED) is 0.826. The van der Waals surface area contributed by atoms with E-state index in [1.807, 2.05) is 0 Å². The number of sulfone groups is 1. The third-order valence-electron chi connectivity index (χ3n) is 4.68. The molecule has 0 aromatic heterocycles. The summed E-state index contributed by atoms with van der Waals surface area (Å²) in [6.45, 7) is 0. The van der Waals surface area contributed by atoms with Crippen molar-refractivity contribution in [2.24, 2.45) is 9.98 Å². The smallest absolute Gasteiger partial charge is 0.208 e. The van der Waals surface area contributed by atoms with Crippen LogP contribution in [0.1, 0.15) is 32.1 Å². The van der Waals surface area contributed by atoms with Crippen molar-refractivity contribution < 1.29 is 8.42 Å². The Hall–Kier alpha value is -1.72. The highest BCUT2D eigenvalue weighted by molar-refractivity contribution is 7.91. The molecule has 1 heterocycles. The molecule has 2 aromatic rings. The minimum absolute atomic E-state index is 0.0981. The second-order valence-corrected chi connectivity index (χ2v) is 8.68. The number of hydrogen-bond acceptors (Lipinski definition) is 4. The van der Waals surface area contributed by atoms with E-state index >= 15 is 0 Å². The molecule has 0 atom stereocenters. The first kappa shape index (κ1) is 15.8. The molecule has 0 saturated heterocycles. The summed E-state index contributed by atoms with van der Waals surface area (Å²) in [6, 6.07) is 11.5. The third-order valence-corrected chi connectivity index (χ3v) is 6.92. The molecule has 4 rings (SSSR count). The average Bonchev–Trinajstić information content (AvgIpc) is 2.91. The Kier molecular flexibility index (Phi) is 3.73. The molecule has 6 heteroatoms. The first-order valence-corrected chi connectivity index (χ1v) is 9.96. The number of hydrogen-bond donors (Lipinski definition) is 0. The van der Waals surface area contributed by atoms with Crippen LogP contribution in [-0.2, 0) is 9.84 Å². The highest BCUT2D eigenvalue weighted by Crippen LogP contribution is 2.34. The van der Waals surface area contributed by atoms with E-state index in [0.29, 0.717) is 10.7 Å². The Balaban J connectivity index is 1.87. The molecule has 1 fully saturated rings. The predicted octanol–water partition coefficient (Wildman–Crippen LogP) is 3.09. The maximum atomic E-state index is 12.9. The fourth-order valence-corrected chi connectivity index (χ4v) is 5.27. The van der Waals surface area contributed by atoms with Crippen LogP contribution < -0.4 is 10.7 Å². The lowest BCUT2D eigenvalue weighted by Crippen LogP contribution is -2.26. The molecule has 2 aliphatic rings. The van der Waals surface area contributed by atoms with Crippen molar-refractivity contribution in [3.05, 3.63) is 58.2 Å². The summed E-state index contributed by atoms with van der Waals surface area (Å²) in [6.07, 6.45) is 5.24. The molecule has 1 saturated carbocycles. The molecule has 0 unspecified atom stereocenters. The Morgan fingerprint density at radius 2 is 1.54 bits per heavy atom. The molecule has 124 valence electrons. The summed E-state index contributed by atoms with van der Waals surface area (Å²) >= 11 is 6.29. The number of fused-ring (bicyclic) bond motifs is 1. The molecular weight excluding hydrogens is 344 g/mol. The molecule has 24 heavy (non-hydrogen) atoms. The van der Waals surface area contributed by atoms with E-state index < -0.39 is 15.5 Å². The van der Waals surface area contributed by atoms with Gasteiger partial charge in [-0.25, -0.2) is 8.42 Å². The number of nitrogens with zero attached hydrogens (tertiary/aromatic N) is 2. The van der Waals surface area contributed by atoms with Crippen LogP contribution in [0.4, 0.5) is 0 Å². The van der Waals surface area contributed by atoms with Crippen molar-refractivity contribution in [3.8, 4) is 0 Å². The summed E-state index contributed by atoms with van der Waals surface area (Å²) in [4.78, 5) is 9.84. The zero-order valence-electron chi connectivity index (χ0n) is 13.1. The Bertz CT molecular complexity index is 1010. The van der Waals surface area contributed by atoms with E-state index in [1.165, 1.54) is 6.42 Å². The van der Waals surface area contributed by atoms with Gasteiger partial charge in [-0.2, -0.15) is 0 Å². The van der Waals surface area contributed by atoms with Crippen molar-refractivity contribution in [2.75, 3.05) is 0 Å². The lowest BCUT2D eigenvalue weighted by atomic mass is 9.90. The van der Waals surface area contributed by atoms with Crippen molar-refractivity contribution in [1.29, 1.82) is 0 Å². The topological polar surface area (TPSA) is 58.9 Å². The van der Waals surface area contributed by atoms with Gasteiger partial charge in [-0.15, -0.1) is 0 Å². The molecule has 1 aliphatic carbocycles. The van der Waals surface area contributed by atoms with Gasteiger partial charge < -0.3 is 0 Å². The van der Waals surface area contributed by atoms with Gasteiger partial charge in [-0.1, -0.05) is 36.2 Å².